The smallest absolute Gasteiger partial charge is 0.255 e. The zero-order valence-electron chi connectivity index (χ0n) is 19.2. The lowest BCUT2D eigenvalue weighted by Gasteiger charge is -2.32. The van der Waals surface area contributed by atoms with Crippen molar-refractivity contribution in [3.05, 3.63) is 93.0 Å². The Morgan fingerprint density at radius 1 is 0.971 bits per heavy atom. The van der Waals surface area contributed by atoms with Crippen molar-refractivity contribution in [1.82, 2.24) is 5.32 Å². The number of carbonyl (C=O) groups is 2. The van der Waals surface area contributed by atoms with Crippen LogP contribution in [0.25, 0.3) is 0 Å². The van der Waals surface area contributed by atoms with Crippen molar-refractivity contribution in [2.24, 2.45) is 0 Å². The number of anilines is 2. The topological polar surface area (TPSA) is 61.4 Å². The van der Waals surface area contributed by atoms with Crippen LogP contribution in [-0.4, -0.2) is 24.4 Å². The van der Waals surface area contributed by atoms with Crippen molar-refractivity contribution >= 4 is 46.4 Å². The minimum atomic E-state index is -0.327. The van der Waals surface area contributed by atoms with E-state index in [1.165, 1.54) is 17.2 Å². The summed E-state index contributed by atoms with van der Waals surface area (Å²) in [6.45, 7) is 5.55. The molecule has 1 atom stereocenters. The highest BCUT2D eigenvalue weighted by atomic mass is 35.5. The third-order valence-electron chi connectivity index (χ3n) is 6.14. The van der Waals surface area contributed by atoms with Crippen molar-refractivity contribution in [2.75, 3.05) is 16.8 Å². The van der Waals surface area contributed by atoms with Crippen molar-refractivity contribution in [2.45, 2.75) is 39.3 Å². The lowest BCUT2D eigenvalue weighted by Crippen LogP contribution is -2.35. The minimum absolute atomic E-state index is 0.0388. The van der Waals surface area contributed by atoms with Crippen LogP contribution >= 0.6 is 23.2 Å². The van der Waals surface area contributed by atoms with Crippen molar-refractivity contribution < 1.29 is 9.59 Å². The molecule has 0 saturated heterocycles. The van der Waals surface area contributed by atoms with Gasteiger partial charge in [-0.05, 0) is 67.3 Å². The molecule has 0 saturated carbocycles. The number of hydrogen-bond donors (Lipinski definition) is 2. The van der Waals surface area contributed by atoms with Crippen molar-refractivity contribution in [3.8, 4) is 0 Å². The van der Waals surface area contributed by atoms with Crippen molar-refractivity contribution in [1.29, 1.82) is 0 Å². The van der Waals surface area contributed by atoms with Gasteiger partial charge in [0.05, 0.1) is 15.6 Å². The Labute approximate surface area is 210 Å². The van der Waals surface area contributed by atoms with E-state index in [2.05, 4.69) is 33.7 Å². The van der Waals surface area contributed by atoms with Gasteiger partial charge in [0.25, 0.3) is 11.8 Å². The second-order valence-electron chi connectivity index (χ2n) is 8.54. The summed E-state index contributed by atoms with van der Waals surface area (Å²) in [5, 5.41) is 6.63. The van der Waals surface area contributed by atoms with E-state index in [-0.39, 0.29) is 17.9 Å². The molecular weight excluding hydrogens is 469 g/mol. The number of halogens is 2. The van der Waals surface area contributed by atoms with Gasteiger partial charge in [0.15, 0.2) is 0 Å². The van der Waals surface area contributed by atoms with E-state index in [9.17, 15) is 9.59 Å². The van der Waals surface area contributed by atoms with Gasteiger partial charge in [-0.25, -0.2) is 0 Å². The van der Waals surface area contributed by atoms with Gasteiger partial charge in [-0.2, -0.15) is 0 Å². The van der Waals surface area contributed by atoms with Crippen LogP contribution in [0.2, 0.25) is 10.0 Å². The molecule has 2 amide bonds. The van der Waals surface area contributed by atoms with Crippen LogP contribution in [-0.2, 0) is 13.0 Å². The predicted molar refractivity (Wildman–Crippen MR) is 139 cm³/mol. The van der Waals surface area contributed by atoms with E-state index in [0.717, 1.165) is 31.6 Å². The van der Waals surface area contributed by atoms with Crippen molar-refractivity contribution in [3.63, 3.8) is 0 Å². The van der Waals surface area contributed by atoms with Gasteiger partial charge < -0.3 is 15.5 Å². The average Bonchev–Trinajstić information content (AvgIpc) is 2.85. The number of hydrogen-bond acceptors (Lipinski definition) is 3. The summed E-state index contributed by atoms with van der Waals surface area (Å²) in [7, 11) is 0. The molecule has 3 aromatic rings. The van der Waals surface area contributed by atoms with E-state index >= 15 is 0 Å². The van der Waals surface area contributed by atoms with E-state index in [0.29, 0.717) is 26.9 Å². The molecule has 34 heavy (non-hydrogen) atoms. The molecule has 176 valence electrons. The molecule has 0 spiro atoms. The number of carbonyl (C=O) groups excluding carboxylic acids is 2. The lowest BCUT2D eigenvalue weighted by molar-refractivity contribution is 0.0938. The van der Waals surface area contributed by atoms with Gasteiger partial charge in [0, 0.05) is 36.1 Å². The van der Waals surface area contributed by atoms with Crippen LogP contribution in [0.5, 0.6) is 0 Å². The molecular formula is C27H27Cl2N3O2. The van der Waals surface area contributed by atoms with Crippen LogP contribution in [0, 0.1) is 0 Å². The summed E-state index contributed by atoms with van der Waals surface area (Å²) < 4.78 is 0. The van der Waals surface area contributed by atoms with Gasteiger partial charge in [-0.1, -0.05) is 54.4 Å². The maximum Gasteiger partial charge on any atom is 0.255 e. The standard InChI is InChI=1S/C27H27Cl2N3O2/c1-3-17(2)30-27(34)22-15-21(31-26(33)19-8-10-23(28)24(29)14-19)9-11-25(22)32-13-12-18-6-4-5-7-20(18)16-32/h4-11,14-15,17H,3,12-13,16H2,1-2H3,(H,30,34)(H,31,33). The van der Waals surface area contributed by atoms with Gasteiger partial charge in [-0.3, -0.25) is 9.59 Å². The number of nitrogens with zero attached hydrogens (tertiary/aromatic N) is 1. The van der Waals surface area contributed by atoms with Gasteiger partial charge in [0.1, 0.15) is 0 Å². The van der Waals surface area contributed by atoms with Crippen LogP contribution in [0.4, 0.5) is 11.4 Å². The minimum Gasteiger partial charge on any atom is -0.366 e. The number of fused-ring (bicyclic) bond motifs is 1. The molecule has 1 aliphatic rings. The quantitative estimate of drug-likeness (QED) is 0.419. The number of benzene rings is 3. The number of amides is 2. The first-order valence-corrected chi connectivity index (χ1v) is 12.1. The Balaban J connectivity index is 1.63. The average molecular weight is 496 g/mol. The molecule has 7 heteroatoms. The van der Waals surface area contributed by atoms with Gasteiger partial charge in [0.2, 0.25) is 0 Å². The first-order chi connectivity index (χ1) is 16.4. The maximum atomic E-state index is 13.2. The molecule has 0 bridgehead atoms. The summed E-state index contributed by atoms with van der Waals surface area (Å²) in [5.74, 6) is -0.486. The first kappa shape index (κ1) is 24.1. The summed E-state index contributed by atoms with van der Waals surface area (Å²) in [6.07, 6.45) is 1.74. The second-order valence-corrected chi connectivity index (χ2v) is 9.35. The fourth-order valence-electron chi connectivity index (χ4n) is 4.02. The molecule has 2 N–H and O–H groups in total. The van der Waals surface area contributed by atoms with Crippen LogP contribution in [0.3, 0.4) is 0 Å². The Morgan fingerprint density at radius 2 is 1.74 bits per heavy atom. The third-order valence-corrected chi connectivity index (χ3v) is 6.88. The molecule has 5 nitrogen and oxygen atoms in total. The largest absolute Gasteiger partial charge is 0.366 e. The molecule has 0 radical (unpaired) electrons. The molecule has 1 heterocycles. The van der Waals surface area contributed by atoms with Crippen LogP contribution in [0.15, 0.2) is 60.7 Å². The molecule has 3 aromatic carbocycles. The van der Waals surface area contributed by atoms with Crippen LogP contribution < -0.4 is 15.5 Å². The van der Waals surface area contributed by atoms with Gasteiger partial charge in [-0.15, -0.1) is 0 Å². The van der Waals surface area contributed by atoms with Crippen LogP contribution in [0.1, 0.15) is 52.1 Å². The van der Waals surface area contributed by atoms with E-state index < -0.39 is 0 Å². The Hall–Kier alpha value is -3.02. The molecule has 1 aliphatic heterocycles. The summed E-state index contributed by atoms with van der Waals surface area (Å²) in [6, 6.07) is 18.6. The van der Waals surface area contributed by atoms with E-state index in [1.54, 1.807) is 18.2 Å². The normalized spacial score (nSPS) is 13.7. The zero-order chi connectivity index (χ0) is 24.2. The highest BCUT2D eigenvalue weighted by molar-refractivity contribution is 6.42. The summed E-state index contributed by atoms with van der Waals surface area (Å²) in [4.78, 5) is 28.2. The lowest BCUT2D eigenvalue weighted by atomic mass is 9.98. The fourth-order valence-corrected chi connectivity index (χ4v) is 4.32. The molecule has 4 rings (SSSR count). The first-order valence-electron chi connectivity index (χ1n) is 11.4. The van der Waals surface area contributed by atoms with Gasteiger partial charge >= 0.3 is 0 Å². The third kappa shape index (κ3) is 5.37. The van der Waals surface area contributed by atoms with E-state index in [1.807, 2.05) is 32.0 Å². The maximum absolute atomic E-state index is 13.2. The Bertz CT molecular complexity index is 1230. The Kier molecular flexibility index (Phi) is 7.44. The predicted octanol–water partition coefficient (Wildman–Crippen LogP) is 6.34. The highest BCUT2D eigenvalue weighted by Gasteiger charge is 2.23. The van der Waals surface area contributed by atoms with E-state index in [4.69, 9.17) is 23.2 Å². The number of rotatable bonds is 6. The molecule has 0 fully saturated rings. The molecule has 1 unspecified atom stereocenters. The fraction of sp³-hybridized carbons (Fsp3) is 0.259. The zero-order valence-corrected chi connectivity index (χ0v) is 20.7. The summed E-state index contributed by atoms with van der Waals surface area (Å²) in [5.41, 5.74) is 4.91. The Morgan fingerprint density at radius 3 is 2.47 bits per heavy atom. The second kappa shape index (κ2) is 10.5. The molecule has 0 aliphatic carbocycles. The monoisotopic (exact) mass is 495 g/mol. The number of nitrogens with one attached hydrogen (secondary N) is 2. The highest BCUT2D eigenvalue weighted by Crippen LogP contribution is 2.30. The SMILES string of the molecule is CCC(C)NC(=O)c1cc(NC(=O)c2ccc(Cl)c(Cl)c2)ccc1N1CCc2ccccc2C1. The molecule has 0 aromatic heterocycles. The summed E-state index contributed by atoms with van der Waals surface area (Å²) >= 11 is 12.0.